The Morgan fingerprint density at radius 2 is 1.90 bits per heavy atom. The molecule has 0 unspecified atom stereocenters. The molecule has 1 aliphatic rings. The smallest absolute Gasteiger partial charge is 0.251 e. The lowest BCUT2D eigenvalue weighted by atomic mass is 10.1. The van der Waals surface area contributed by atoms with E-state index in [1.54, 1.807) is 17.9 Å². The lowest BCUT2D eigenvalue weighted by molar-refractivity contribution is -0.117. The summed E-state index contributed by atoms with van der Waals surface area (Å²) in [6.45, 7) is 6.58. The van der Waals surface area contributed by atoms with Crippen molar-refractivity contribution in [1.29, 1.82) is 0 Å². The van der Waals surface area contributed by atoms with Gasteiger partial charge in [0.1, 0.15) is 0 Å². The van der Waals surface area contributed by atoms with Crippen LogP contribution in [-0.2, 0) is 22.6 Å². The van der Waals surface area contributed by atoms with E-state index >= 15 is 0 Å². The van der Waals surface area contributed by atoms with E-state index in [9.17, 15) is 14.4 Å². The number of fused-ring (bicyclic) bond motifs is 1. The SMILES string of the molecule is CC(=O)N1CCc2cc(C(=O)NCc3cccc(NC(=O)CC(C)C)c3)ccc21. The summed E-state index contributed by atoms with van der Waals surface area (Å²) in [4.78, 5) is 37.9. The van der Waals surface area contributed by atoms with Crippen LogP contribution >= 0.6 is 0 Å². The van der Waals surface area contributed by atoms with Gasteiger partial charge in [-0.05, 0) is 53.8 Å². The molecule has 0 bridgehead atoms. The number of hydrogen-bond acceptors (Lipinski definition) is 3. The summed E-state index contributed by atoms with van der Waals surface area (Å²) < 4.78 is 0. The molecule has 0 spiro atoms. The number of anilines is 2. The third-order valence-electron chi connectivity index (χ3n) is 4.87. The molecule has 0 fully saturated rings. The number of amides is 3. The van der Waals surface area contributed by atoms with Gasteiger partial charge in [-0.2, -0.15) is 0 Å². The zero-order valence-electron chi connectivity index (χ0n) is 17.1. The van der Waals surface area contributed by atoms with Crippen LogP contribution in [0.2, 0.25) is 0 Å². The number of benzene rings is 2. The molecular formula is C23H27N3O3. The number of nitrogens with one attached hydrogen (secondary N) is 2. The van der Waals surface area contributed by atoms with E-state index in [0.29, 0.717) is 31.0 Å². The predicted molar refractivity (Wildman–Crippen MR) is 114 cm³/mol. The third kappa shape index (κ3) is 5.22. The van der Waals surface area contributed by atoms with Gasteiger partial charge in [0.2, 0.25) is 11.8 Å². The van der Waals surface area contributed by atoms with Crippen molar-refractivity contribution in [3.8, 4) is 0 Å². The second-order valence-electron chi connectivity index (χ2n) is 7.79. The molecule has 0 aromatic heterocycles. The van der Waals surface area contributed by atoms with Crippen LogP contribution in [-0.4, -0.2) is 24.3 Å². The first-order chi connectivity index (χ1) is 13.8. The van der Waals surface area contributed by atoms with Crippen molar-refractivity contribution in [2.45, 2.75) is 40.2 Å². The summed E-state index contributed by atoms with van der Waals surface area (Å²) in [6.07, 6.45) is 1.23. The third-order valence-corrected chi connectivity index (χ3v) is 4.87. The second kappa shape index (κ2) is 8.90. The standard InChI is InChI=1S/C23H27N3O3/c1-15(2)11-22(28)25-20-6-4-5-17(12-20)14-24-23(29)19-7-8-21-18(13-19)9-10-26(21)16(3)27/h4-8,12-13,15H,9-11,14H2,1-3H3,(H,24,29)(H,25,28). The second-order valence-corrected chi connectivity index (χ2v) is 7.79. The topological polar surface area (TPSA) is 78.5 Å². The zero-order chi connectivity index (χ0) is 21.0. The molecule has 6 heteroatoms. The van der Waals surface area contributed by atoms with Crippen LogP contribution in [0.15, 0.2) is 42.5 Å². The van der Waals surface area contributed by atoms with Crippen molar-refractivity contribution in [3.05, 3.63) is 59.2 Å². The molecule has 6 nitrogen and oxygen atoms in total. The maximum atomic E-state index is 12.6. The molecule has 1 aliphatic heterocycles. The normalized spacial score (nSPS) is 12.6. The van der Waals surface area contributed by atoms with E-state index in [-0.39, 0.29) is 17.7 Å². The molecule has 0 radical (unpaired) electrons. The molecule has 29 heavy (non-hydrogen) atoms. The first-order valence-corrected chi connectivity index (χ1v) is 9.91. The Hall–Kier alpha value is -3.15. The van der Waals surface area contributed by atoms with Crippen molar-refractivity contribution in [1.82, 2.24) is 5.32 Å². The fraction of sp³-hybridized carbons (Fsp3) is 0.348. The van der Waals surface area contributed by atoms with Gasteiger partial charge in [-0.15, -0.1) is 0 Å². The molecule has 152 valence electrons. The first-order valence-electron chi connectivity index (χ1n) is 9.91. The van der Waals surface area contributed by atoms with Crippen molar-refractivity contribution >= 4 is 29.1 Å². The lowest BCUT2D eigenvalue weighted by Crippen LogP contribution is -2.26. The van der Waals surface area contributed by atoms with E-state index in [1.165, 1.54) is 0 Å². The molecule has 0 saturated heterocycles. The highest BCUT2D eigenvalue weighted by molar-refractivity contribution is 5.98. The molecule has 0 aliphatic carbocycles. The summed E-state index contributed by atoms with van der Waals surface area (Å²) in [7, 11) is 0. The number of hydrogen-bond donors (Lipinski definition) is 2. The van der Waals surface area contributed by atoms with Crippen LogP contribution in [0.5, 0.6) is 0 Å². The van der Waals surface area contributed by atoms with Crippen LogP contribution in [0.3, 0.4) is 0 Å². The van der Waals surface area contributed by atoms with Crippen molar-refractivity contribution in [2.75, 3.05) is 16.8 Å². The quantitative estimate of drug-likeness (QED) is 0.788. The molecule has 2 aromatic rings. The number of nitrogens with zero attached hydrogens (tertiary/aromatic N) is 1. The number of carbonyl (C=O) groups excluding carboxylic acids is 3. The van der Waals surface area contributed by atoms with Crippen LogP contribution in [0, 0.1) is 5.92 Å². The van der Waals surface area contributed by atoms with E-state index in [1.807, 2.05) is 50.2 Å². The van der Waals surface area contributed by atoms with Gasteiger partial charge in [0.25, 0.3) is 5.91 Å². The summed E-state index contributed by atoms with van der Waals surface area (Å²) in [5.41, 5.74) is 4.12. The Balaban J connectivity index is 1.61. The van der Waals surface area contributed by atoms with Gasteiger partial charge in [0.05, 0.1) is 0 Å². The van der Waals surface area contributed by atoms with Crippen molar-refractivity contribution < 1.29 is 14.4 Å². The molecular weight excluding hydrogens is 366 g/mol. The predicted octanol–water partition coefficient (Wildman–Crippen LogP) is 3.51. The van der Waals surface area contributed by atoms with Gasteiger partial charge in [-0.1, -0.05) is 26.0 Å². The van der Waals surface area contributed by atoms with Crippen LogP contribution < -0.4 is 15.5 Å². The summed E-state index contributed by atoms with van der Waals surface area (Å²) in [5, 5.41) is 5.81. The van der Waals surface area contributed by atoms with Crippen LogP contribution in [0.25, 0.3) is 0 Å². The monoisotopic (exact) mass is 393 g/mol. The van der Waals surface area contributed by atoms with Gasteiger partial charge in [-0.3, -0.25) is 14.4 Å². The Morgan fingerprint density at radius 1 is 1.10 bits per heavy atom. The van der Waals surface area contributed by atoms with Gasteiger partial charge >= 0.3 is 0 Å². The molecule has 0 atom stereocenters. The highest BCUT2D eigenvalue weighted by Crippen LogP contribution is 2.28. The Kier molecular flexibility index (Phi) is 6.32. The number of carbonyl (C=O) groups is 3. The van der Waals surface area contributed by atoms with E-state index < -0.39 is 0 Å². The lowest BCUT2D eigenvalue weighted by Gasteiger charge is -2.15. The fourth-order valence-corrected chi connectivity index (χ4v) is 3.50. The largest absolute Gasteiger partial charge is 0.348 e. The number of rotatable bonds is 6. The summed E-state index contributed by atoms with van der Waals surface area (Å²) in [6, 6.07) is 12.9. The molecule has 3 amide bonds. The minimum Gasteiger partial charge on any atom is -0.348 e. The molecule has 0 saturated carbocycles. The van der Waals surface area contributed by atoms with E-state index in [2.05, 4.69) is 10.6 Å². The molecule has 2 N–H and O–H groups in total. The van der Waals surface area contributed by atoms with Gasteiger partial charge in [0, 0.05) is 43.4 Å². The molecule has 2 aromatic carbocycles. The van der Waals surface area contributed by atoms with Gasteiger partial charge in [-0.25, -0.2) is 0 Å². The van der Waals surface area contributed by atoms with Crippen LogP contribution in [0.1, 0.15) is 48.7 Å². The average molecular weight is 393 g/mol. The first kappa shape index (κ1) is 20.6. The Bertz CT molecular complexity index is 937. The van der Waals surface area contributed by atoms with Gasteiger partial charge < -0.3 is 15.5 Å². The maximum absolute atomic E-state index is 12.6. The summed E-state index contributed by atoms with van der Waals surface area (Å²) in [5.74, 6) is 0.135. The Labute approximate surface area is 171 Å². The van der Waals surface area contributed by atoms with Gasteiger partial charge in [0.15, 0.2) is 0 Å². The average Bonchev–Trinajstić information content (AvgIpc) is 3.09. The fourth-order valence-electron chi connectivity index (χ4n) is 3.50. The van der Waals surface area contributed by atoms with E-state index in [0.717, 1.165) is 28.9 Å². The van der Waals surface area contributed by atoms with Crippen molar-refractivity contribution in [3.63, 3.8) is 0 Å². The highest BCUT2D eigenvalue weighted by atomic mass is 16.2. The van der Waals surface area contributed by atoms with Crippen molar-refractivity contribution in [2.24, 2.45) is 5.92 Å². The minimum atomic E-state index is -0.164. The molecule has 1 heterocycles. The Morgan fingerprint density at radius 3 is 2.62 bits per heavy atom. The van der Waals surface area contributed by atoms with E-state index in [4.69, 9.17) is 0 Å². The summed E-state index contributed by atoms with van der Waals surface area (Å²) >= 11 is 0. The highest BCUT2D eigenvalue weighted by Gasteiger charge is 2.23. The zero-order valence-corrected chi connectivity index (χ0v) is 17.1. The maximum Gasteiger partial charge on any atom is 0.251 e. The molecule has 3 rings (SSSR count). The minimum absolute atomic E-state index is 0.0149. The van der Waals surface area contributed by atoms with Crippen LogP contribution in [0.4, 0.5) is 11.4 Å².